The number of halogens is 1. The minimum absolute atomic E-state index is 0.193. The Hall–Kier alpha value is -1.94. The van der Waals surface area contributed by atoms with Gasteiger partial charge in [0.25, 0.3) is 5.91 Å². The van der Waals surface area contributed by atoms with Gasteiger partial charge in [0.1, 0.15) is 5.75 Å². The zero-order valence-electron chi connectivity index (χ0n) is 16.8. The van der Waals surface area contributed by atoms with Crippen LogP contribution in [0, 0.1) is 0 Å². The highest BCUT2D eigenvalue weighted by atomic mass is 79.9. The first-order valence-electron chi connectivity index (χ1n) is 9.83. The number of hydrogen-bond acceptors (Lipinski definition) is 5. The quantitative estimate of drug-likeness (QED) is 0.560. The van der Waals surface area contributed by atoms with Crippen molar-refractivity contribution >= 4 is 37.5 Å². The number of sulfonamides is 1. The molecule has 9 heteroatoms. The first-order valence-corrected chi connectivity index (χ1v) is 12.1. The van der Waals surface area contributed by atoms with Crippen LogP contribution in [0.3, 0.4) is 0 Å². The maximum atomic E-state index is 12.7. The van der Waals surface area contributed by atoms with E-state index < -0.39 is 10.0 Å². The van der Waals surface area contributed by atoms with E-state index in [0.29, 0.717) is 54.4 Å². The highest BCUT2D eigenvalue weighted by Crippen LogP contribution is 2.27. The van der Waals surface area contributed by atoms with Gasteiger partial charge in [0.05, 0.1) is 29.2 Å². The first kappa shape index (κ1) is 22.7. The van der Waals surface area contributed by atoms with Crippen LogP contribution < -0.4 is 10.1 Å². The van der Waals surface area contributed by atoms with E-state index in [1.807, 2.05) is 0 Å². The topological polar surface area (TPSA) is 84.9 Å². The van der Waals surface area contributed by atoms with E-state index in [1.54, 1.807) is 30.3 Å². The zero-order valence-corrected chi connectivity index (χ0v) is 19.2. The van der Waals surface area contributed by atoms with E-state index in [0.717, 1.165) is 12.8 Å². The molecule has 1 aliphatic heterocycles. The van der Waals surface area contributed by atoms with Crippen LogP contribution in [0.15, 0.2) is 51.8 Å². The van der Waals surface area contributed by atoms with Crippen LogP contribution in [0.5, 0.6) is 5.75 Å². The van der Waals surface area contributed by atoms with Gasteiger partial charge in [-0.15, -0.1) is 0 Å². The van der Waals surface area contributed by atoms with Crippen molar-refractivity contribution in [3.63, 3.8) is 0 Å². The molecule has 1 aliphatic rings. The summed E-state index contributed by atoms with van der Waals surface area (Å²) in [6.07, 6.45) is 2.01. The number of morpholine rings is 1. The highest BCUT2D eigenvalue weighted by molar-refractivity contribution is 9.10. The number of carbonyl (C=O) groups is 1. The lowest BCUT2D eigenvalue weighted by Crippen LogP contribution is -2.40. The molecule has 30 heavy (non-hydrogen) atoms. The summed E-state index contributed by atoms with van der Waals surface area (Å²) in [6.45, 7) is 4.19. The lowest BCUT2D eigenvalue weighted by atomic mass is 10.2. The van der Waals surface area contributed by atoms with Crippen LogP contribution >= 0.6 is 15.9 Å². The van der Waals surface area contributed by atoms with Crippen LogP contribution in [0.25, 0.3) is 0 Å². The van der Waals surface area contributed by atoms with E-state index in [4.69, 9.17) is 9.47 Å². The fraction of sp³-hybridized carbons (Fsp3) is 0.381. The Bertz CT molecular complexity index is 973. The van der Waals surface area contributed by atoms with Crippen molar-refractivity contribution in [2.24, 2.45) is 0 Å². The number of amides is 1. The second kappa shape index (κ2) is 10.4. The summed E-state index contributed by atoms with van der Waals surface area (Å²) >= 11 is 3.44. The summed E-state index contributed by atoms with van der Waals surface area (Å²) in [7, 11) is -3.56. The molecule has 2 aromatic rings. The predicted molar refractivity (Wildman–Crippen MR) is 119 cm³/mol. The standard InChI is InChI=1S/C21H25BrN2O5S/c1-2-3-12-29-20-9-4-16(15-19(20)22)21(25)23-17-5-7-18(8-6-17)30(26,27)24-10-13-28-14-11-24/h4-9,15H,2-3,10-14H2,1H3,(H,23,25). The molecule has 1 fully saturated rings. The van der Waals surface area contributed by atoms with Gasteiger partial charge >= 0.3 is 0 Å². The second-order valence-corrected chi connectivity index (χ2v) is 9.63. The van der Waals surface area contributed by atoms with Gasteiger partial charge in [0.15, 0.2) is 0 Å². The molecular formula is C21H25BrN2O5S. The number of benzene rings is 2. The molecule has 1 heterocycles. The fourth-order valence-electron chi connectivity index (χ4n) is 2.94. The maximum Gasteiger partial charge on any atom is 0.255 e. The Morgan fingerprint density at radius 3 is 2.50 bits per heavy atom. The molecule has 0 radical (unpaired) electrons. The number of anilines is 1. The Morgan fingerprint density at radius 1 is 1.17 bits per heavy atom. The Kier molecular flexibility index (Phi) is 7.87. The van der Waals surface area contributed by atoms with Crippen molar-refractivity contribution in [3.05, 3.63) is 52.5 Å². The lowest BCUT2D eigenvalue weighted by molar-refractivity contribution is 0.0730. The Morgan fingerprint density at radius 2 is 1.87 bits per heavy atom. The third kappa shape index (κ3) is 5.60. The minimum Gasteiger partial charge on any atom is -0.492 e. The third-order valence-electron chi connectivity index (χ3n) is 4.67. The van der Waals surface area contributed by atoms with E-state index in [1.165, 1.54) is 16.4 Å². The third-order valence-corrected chi connectivity index (χ3v) is 7.20. The molecule has 0 aromatic heterocycles. The van der Waals surface area contributed by atoms with Gasteiger partial charge in [-0.25, -0.2) is 8.42 Å². The number of rotatable bonds is 8. The molecule has 3 rings (SSSR count). The summed E-state index contributed by atoms with van der Waals surface area (Å²) in [5, 5.41) is 2.79. The number of hydrogen-bond donors (Lipinski definition) is 1. The highest BCUT2D eigenvalue weighted by Gasteiger charge is 2.26. The van der Waals surface area contributed by atoms with Gasteiger partial charge in [-0.2, -0.15) is 4.31 Å². The Labute approximate surface area is 185 Å². The average Bonchev–Trinajstić information content (AvgIpc) is 2.76. The number of unbranched alkanes of at least 4 members (excludes halogenated alkanes) is 1. The van der Waals surface area contributed by atoms with E-state index >= 15 is 0 Å². The molecular weight excluding hydrogens is 472 g/mol. The van der Waals surface area contributed by atoms with Gasteiger partial charge in [-0.05, 0) is 64.8 Å². The van der Waals surface area contributed by atoms with Crippen LogP contribution in [0.2, 0.25) is 0 Å². The molecule has 0 atom stereocenters. The summed E-state index contributed by atoms with van der Waals surface area (Å²) in [4.78, 5) is 12.7. The minimum atomic E-state index is -3.56. The van der Waals surface area contributed by atoms with Gasteiger partial charge < -0.3 is 14.8 Å². The van der Waals surface area contributed by atoms with Gasteiger partial charge in [-0.1, -0.05) is 13.3 Å². The van der Waals surface area contributed by atoms with Crippen molar-refractivity contribution < 1.29 is 22.7 Å². The molecule has 1 saturated heterocycles. The molecule has 0 spiro atoms. The first-order chi connectivity index (χ1) is 14.4. The van der Waals surface area contributed by atoms with Crippen molar-refractivity contribution in [2.45, 2.75) is 24.7 Å². The van der Waals surface area contributed by atoms with Crippen LogP contribution in [0.1, 0.15) is 30.1 Å². The van der Waals surface area contributed by atoms with Crippen LogP contribution in [-0.2, 0) is 14.8 Å². The van der Waals surface area contributed by atoms with Gasteiger partial charge in [0.2, 0.25) is 10.0 Å². The number of carbonyl (C=O) groups excluding carboxylic acids is 1. The fourth-order valence-corrected chi connectivity index (χ4v) is 4.84. The summed E-state index contributed by atoms with van der Waals surface area (Å²) in [6, 6.07) is 11.3. The SMILES string of the molecule is CCCCOc1ccc(C(=O)Nc2ccc(S(=O)(=O)N3CCOCC3)cc2)cc1Br. The molecule has 1 amide bonds. The van der Waals surface area contributed by atoms with Crippen molar-refractivity contribution in [1.29, 1.82) is 0 Å². The summed E-state index contributed by atoms with van der Waals surface area (Å²) in [5.74, 6) is 0.400. The van der Waals surface area contributed by atoms with Crippen LogP contribution in [-0.4, -0.2) is 51.5 Å². The molecule has 2 aromatic carbocycles. The predicted octanol–water partition coefficient (Wildman–Crippen LogP) is 3.90. The molecule has 0 aliphatic carbocycles. The Balaban J connectivity index is 1.65. The summed E-state index contributed by atoms with van der Waals surface area (Å²) in [5.41, 5.74) is 0.982. The second-order valence-electron chi connectivity index (χ2n) is 6.84. The number of ether oxygens (including phenoxy) is 2. The van der Waals surface area contributed by atoms with Crippen molar-refractivity contribution in [2.75, 3.05) is 38.2 Å². The molecule has 0 bridgehead atoms. The van der Waals surface area contributed by atoms with E-state index in [-0.39, 0.29) is 10.8 Å². The maximum absolute atomic E-state index is 12.7. The van der Waals surface area contributed by atoms with Crippen LogP contribution in [0.4, 0.5) is 5.69 Å². The number of nitrogens with one attached hydrogen (secondary N) is 1. The van der Waals surface area contributed by atoms with E-state index in [9.17, 15) is 13.2 Å². The number of nitrogens with zero attached hydrogens (tertiary/aromatic N) is 1. The molecule has 0 unspecified atom stereocenters. The van der Waals surface area contributed by atoms with Gasteiger partial charge in [0, 0.05) is 24.3 Å². The summed E-state index contributed by atoms with van der Waals surface area (Å²) < 4.78 is 38.3. The smallest absolute Gasteiger partial charge is 0.255 e. The molecule has 0 saturated carbocycles. The van der Waals surface area contributed by atoms with Crippen molar-refractivity contribution in [3.8, 4) is 5.75 Å². The average molecular weight is 497 g/mol. The molecule has 162 valence electrons. The van der Waals surface area contributed by atoms with E-state index in [2.05, 4.69) is 28.2 Å². The molecule has 1 N–H and O–H groups in total. The lowest BCUT2D eigenvalue weighted by Gasteiger charge is -2.26. The van der Waals surface area contributed by atoms with Gasteiger partial charge in [-0.3, -0.25) is 4.79 Å². The monoisotopic (exact) mass is 496 g/mol. The molecule has 7 nitrogen and oxygen atoms in total. The normalized spacial score (nSPS) is 15.0. The largest absolute Gasteiger partial charge is 0.492 e. The zero-order chi connectivity index (χ0) is 21.6. The van der Waals surface area contributed by atoms with Crippen molar-refractivity contribution in [1.82, 2.24) is 4.31 Å².